The molecule has 2 aliphatic rings. The Hall–Kier alpha value is -2.25. The fourth-order valence-corrected chi connectivity index (χ4v) is 3.53. The highest BCUT2D eigenvalue weighted by Gasteiger charge is 2.44. The monoisotopic (exact) mass is 370 g/mol. The van der Waals surface area contributed by atoms with Crippen molar-refractivity contribution in [2.75, 3.05) is 0 Å². The Morgan fingerprint density at radius 2 is 1.77 bits per heavy atom. The SMILES string of the molecule is C[C@H]1[C@H](c2ccc(C(F)(F)F)cc2)OC(=O)N1C(=O)NC1CCCCC1. The average molecular weight is 370 g/mol. The van der Waals surface area contributed by atoms with E-state index in [0.717, 1.165) is 49.1 Å². The lowest BCUT2D eigenvalue weighted by Crippen LogP contribution is -2.48. The molecule has 1 heterocycles. The molecule has 26 heavy (non-hydrogen) atoms. The highest BCUT2D eigenvalue weighted by atomic mass is 19.4. The average Bonchev–Trinajstić information content (AvgIpc) is 2.89. The van der Waals surface area contributed by atoms with E-state index in [-0.39, 0.29) is 6.04 Å². The summed E-state index contributed by atoms with van der Waals surface area (Å²) in [6, 6.07) is 3.37. The van der Waals surface area contributed by atoms with Crippen molar-refractivity contribution < 1.29 is 27.5 Å². The van der Waals surface area contributed by atoms with Gasteiger partial charge >= 0.3 is 18.3 Å². The molecule has 0 bridgehead atoms. The molecule has 1 saturated heterocycles. The number of alkyl halides is 3. The number of rotatable bonds is 2. The molecule has 1 N–H and O–H groups in total. The number of hydrogen-bond acceptors (Lipinski definition) is 3. The standard InChI is InChI=1S/C18H21F3N2O3/c1-11-15(12-7-9-13(10-8-12)18(19,20)21)26-17(25)23(11)16(24)22-14-5-3-2-4-6-14/h7-11,14-15H,2-6H2,1H3,(H,22,24)/t11-,15+/m0/s1. The van der Waals surface area contributed by atoms with Gasteiger partial charge in [0.15, 0.2) is 0 Å². The second-order valence-corrected chi connectivity index (χ2v) is 6.82. The van der Waals surface area contributed by atoms with E-state index in [1.807, 2.05) is 0 Å². The molecule has 2 atom stereocenters. The van der Waals surface area contributed by atoms with Gasteiger partial charge < -0.3 is 10.1 Å². The molecule has 1 aromatic carbocycles. The quantitative estimate of drug-likeness (QED) is 0.826. The van der Waals surface area contributed by atoms with E-state index in [0.29, 0.717) is 5.56 Å². The number of urea groups is 1. The van der Waals surface area contributed by atoms with E-state index in [1.54, 1.807) is 6.92 Å². The maximum atomic E-state index is 12.7. The normalized spacial score (nSPS) is 24.5. The Morgan fingerprint density at radius 3 is 2.35 bits per heavy atom. The van der Waals surface area contributed by atoms with Crippen molar-refractivity contribution >= 4 is 12.1 Å². The Kier molecular flexibility index (Phi) is 5.11. The molecule has 8 heteroatoms. The van der Waals surface area contributed by atoms with Gasteiger partial charge in [-0.25, -0.2) is 14.5 Å². The summed E-state index contributed by atoms with van der Waals surface area (Å²) in [6.45, 7) is 1.65. The van der Waals surface area contributed by atoms with Crippen molar-refractivity contribution in [1.29, 1.82) is 0 Å². The summed E-state index contributed by atoms with van der Waals surface area (Å²) in [5.41, 5.74) is -0.350. The summed E-state index contributed by atoms with van der Waals surface area (Å²) in [6.07, 6.45) is -1.01. The van der Waals surface area contributed by atoms with E-state index in [2.05, 4.69) is 5.32 Å². The summed E-state index contributed by atoms with van der Waals surface area (Å²) in [4.78, 5) is 25.6. The van der Waals surface area contributed by atoms with Crippen LogP contribution in [-0.2, 0) is 10.9 Å². The summed E-state index contributed by atoms with van der Waals surface area (Å²) in [5.74, 6) is 0. The van der Waals surface area contributed by atoms with Crippen LogP contribution in [0.25, 0.3) is 0 Å². The van der Waals surface area contributed by atoms with E-state index >= 15 is 0 Å². The zero-order valence-electron chi connectivity index (χ0n) is 14.4. The molecule has 2 fully saturated rings. The molecule has 5 nitrogen and oxygen atoms in total. The summed E-state index contributed by atoms with van der Waals surface area (Å²) < 4.78 is 43.3. The van der Waals surface area contributed by atoms with Gasteiger partial charge in [-0.1, -0.05) is 31.4 Å². The first kappa shape index (κ1) is 18.5. The second kappa shape index (κ2) is 7.17. The van der Waals surface area contributed by atoms with Crippen LogP contribution in [0.4, 0.5) is 22.8 Å². The fraction of sp³-hybridized carbons (Fsp3) is 0.556. The van der Waals surface area contributed by atoms with Gasteiger partial charge in [-0.3, -0.25) is 0 Å². The third-order valence-electron chi connectivity index (χ3n) is 4.99. The van der Waals surface area contributed by atoms with Crippen LogP contribution in [0.1, 0.15) is 56.3 Å². The maximum absolute atomic E-state index is 12.7. The topological polar surface area (TPSA) is 58.6 Å². The number of hydrogen-bond donors (Lipinski definition) is 1. The molecular weight excluding hydrogens is 349 g/mol. The molecule has 1 aliphatic carbocycles. The number of amides is 3. The Labute approximate surface area is 149 Å². The maximum Gasteiger partial charge on any atom is 0.419 e. The number of halogens is 3. The summed E-state index contributed by atoms with van der Waals surface area (Å²) >= 11 is 0. The number of nitrogens with zero attached hydrogens (tertiary/aromatic N) is 1. The number of ether oxygens (including phenoxy) is 1. The van der Waals surface area contributed by atoms with Gasteiger partial charge in [-0.05, 0) is 37.5 Å². The Balaban J connectivity index is 1.69. The molecule has 0 spiro atoms. The van der Waals surface area contributed by atoms with Crippen molar-refractivity contribution in [3.05, 3.63) is 35.4 Å². The predicted molar refractivity (Wildman–Crippen MR) is 87.4 cm³/mol. The van der Waals surface area contributed by atoms with Crippen LogP contribution in [0.15, 0.2) is 24.3 Å². The second-order valence-electron chi connectivity index (χ2n) is 6.82. The largest absolute Gasteiger partial charge is 0.439 e. The van der Waals surface area contributed by atoms with Crippen LogP contribution >= 0.6 is 0 Å². The van der Waals surface area contributed by atoms with Crippen molar-refractivity contribution in [2.24, 2.45) is 0 Å². The van der Waals surface area contributed by atoms with Crippen LogP contribution in [0, 0.1) is 0 Å². The number of nitrogens with one attached hydrogen (secondary N) is 1. The van der Waals surface area contributed by atoms with Gasteiger partial charge in [0.1, 0.15) is 6.10 Å². The molecule has 0 radical (unpaired) electrons. The van der Waals surface area contributed by atoms with Crippen molar-refractivity contribution in [3.63, 3.8) is 0 Å². The highest BCUT2D eigenvalue weighted by Crippen LogP contribution is 2.35. The number of cyclic esters (lactones) is 1. The minimum atomic E-state index is -4.43. The molecule has 0 aromatic heterocycles. The van der Waals surface area contributed by atoms with Crippen LogP contribution < -0.4 is 5.32 Å². The van der Waals surface area contributed by atoms with Gasteiger partial charge in [-0.2, -0.15) is 13.2 Å². The fourth-order valence-electron chi connectivity index (χ4n) is 3.53. The van der Waals surface area contributed by atoms with Gasteiger partial charge in [0.2, 0.25) is 0 Å². The lowest BCUT2D eigenvalue weighted by molar-refractivity contribution is -0.137. The molecule has 3 amide bonds. The van der Waals surface area contributed by atoms with Crippen molar-refractivity contribution in [1.82, 2.24) is 10.2 Å². The molecule has 0 unspecified atom stereocenters. The number of benzene rings is 1. The smallest absolute Gasteiger partial charge is 0.419 e. The number of carbonyl (C=O) groups is 2. The van der Waals surface area contributed by atoms with E-state index in [1.165, 1.54) is 12.1 Å². The molecule has 1 aromatic rings. The van der Waals surface area contributed by atoms with Gasteiger partial charge in [0.25, 0.3) is 0 Å². The molecule has 142 valence electrons. The Morgan fingerprint density at radius 1 is 1.15 bits per heavy atom. The van der Waals surface area contributed by atoms with Gasteiger partial charge in [0.05, 0.1) is 11.6 Å². The van der Waals surface area contributed by atoms with Crippen LogP contribution in [0.3, 0.4) is 0 Å². The molecular formula is C18H21F3N2O3. The lowest BCUT2D eigenvalue weighted by atomic mass is 9.95. The van der Waals surface area contributed by atoms with E-state index < -0.39 is 36.0 Å². The van der Waals surface area contributed by atoms with E-state index in [9.17, 15) is 22.8 Å². The third kappa shape index (κ3) is 3.78. The zero-order valence-corrected chi connectivity index (χ0v) is 14.4. The summed E-state index contributed by atoms with van der Waals surface area (Å²) in [5, 5.41) is 2.86. The third-order valence-corrected chi connectivity index (χ3v) is 4.99. The molecule has 1 aliphatic heterocycles. The van der Waals surface area contributed by atoms with Gasteiger partial charge in [0, 0.05) is 6.04 Å². The predicted octanol–water partition coefficient (Wildman–Crippen LogP) is 4.63. The Bertz CT molecular complexity index is 669. The van der Waals surface area contributed by atoms with E-state index in [4.69, 9.17) is 4.74 Å². The lowest BCUT2D eigenvalue weighted by Gasteiger charge is -2.26. The number of carbonyl (C=O) groups excluding carboxylic acids is 2. The zero-order chi connectivity index (χ0) is 18.9. The van der Waals surface area contributed by atoms with Crippen molar-refractivity contribution in [2.45, 2.75) is 63.4 Å². The number of imide groups is 1. The van der Waals surface area contributed by atoms with Gasteiger partial charge in [-0.15, -0.1) is 0 Å². The minimum absolute atomic E-state index is 0.0429. The minimum Gasteiger partial charge on any atom is -0.439 e. The summed E-state index contributed by atoms with van der Waals surface area (Å²) in [7, 11) is 0. The van der Waals surface area contributed by atoms with Crippen LogP contribution in [0.5, 0.6) is 0 Å². The first-order valence-electron chi connectivity index (χ1n) is 8.75. The van der Waals surface area contributed by atoms with Crippen molar-refractivity contribution in [3.8, 4) is 0 Å². The first-order valence-corrected chi connectivity index (χ1v) is 8.75. The highest BCUT2D eigenvalue weighted by molar-refractivity contribution is 5.93. The molecule has 3 rings (SSSR count). The first-order chi connectivity index (χ1) is 12.3. The van der Waals surface area contributed by atoms with Crippen LogP contribution in [0.2, 0.25) is 0 Å². The molecule has 1 saturated carbocycles. The van der Waals surface area contributed by atoms with Crippen LogP contribution in [-0.4, -0.2) is 29.1 Å².